The first-order chi connectivity index (χ1) is 14.3. The highest BCUT2D eigenvalue weighted by molar-refractivity contribution is 7.88. The fraction of sp³-hybridized carbons (Fsp3) is 0.286. The summed E-state index contributed by atoms with van der Waals surface area (Å²) in [6.45, 7) is 1.34. The summed E-state index contributed by atoms with van der Waals surface area (Å²) in [6.07, 6.45) is 0.918. The number of likely N-dealkylation sites (tertiary alicyclic amines) is 1. The monoisotopic (exact) mass is 425 g/mol. The average molecular weight is 426 g/mol. The van der Waals surface area contributed by atoms with Crippen LogP contribution in [-0.2, 0) is 34.5 Å². The highest BCUT2D eigenvalue weighted by Gasteiger charge is 2.32. The van der Waals surface area contributed by atoms with Gasteiger partial charge in [0.2, 0.25) is 0 Å². The van der Waals surface area contributed by atoms with Crippen molar-refractivity contribution in [2.75, 3.05) is 13.1 Å². The van der Waals surface area contributed by atoms with Crippen molar-refractivity contribution in [3.05, 3.63) is 70.8 Å². The molecule has 0 aromatic heterocycles. The van der Waals surface area contributed by atoms with E-state index < -0.39 is 10.2 Å². The molecule has 3 N–H and O–H groups in total. The number of nitrogens with one attached hydrogen (secondary N) is 1. The Morgan fingerprint density at radius 2 is 1.83 bits per heavy atom. The summed E-state index contributed by atoms with van der Waals surface area (Å²) in [6, 6.07) is 14.9. The summed E-state index contributed by atoms with van der Waals surface area (Å²) in [7, 11) is -3.93. The minimum absolute atomic E-state index is 0.0407. The van der Waals surface area contributed by atoms with E-state index in [9.17, 15) is 13.2 Å². The largest absolute Gasteiger partial charge is 0.384 e. The maximum Gasteiger partial charge on any atom is 0.323 e. The van der Waals surface area contributed by atoms with Gasteiger partial charge in [-0.2, -0.15) is 12.7 Å². The number of carbonyl (C=O) groups excluding carboxylic acids is 1. The van der Waals surface area contributed by atoms with Crippen LogP contribution in [0.15, 0.2) is 52.9 Å². The zero-order chi connectivity index (χ0) is 21.3. The molecule has 0 aliphatic carbocycles. The Hall–Kier alpha value is -3.04. The molecule has 2 aromatic carbocycles. The molecule has 1 amide bonds. The van der Waals surface area contributed by atoms with Crippen LogP contribution in [0.25, 0.3) is 0 Å². The molecule has 2 heterocycles. The van der Waals surface area contributed by atoms with Crippen molar-refractivity contribution < 1.29 is 13.2 Å². The fourth-order valence-electron chi connectivity index (χ4n) is 3.79. The van der Waals surface area contributed by atoms with E-state index in [2.05, 4.69) is 4.40 Å². The van der Waals surface area contributed by atoms with Gasteiger partial charge in [-0.3, -0.25) is 10.2 Å². The van der Waals surface area contributed by atoms with Gasteiger partial charge < -0.3 is 10.6 Å². The summed E-state index contributed by atoms with van der Waals surface area (Å²) in [5, 5.41) is 7.54. The van der Waals surface area contributed by atoms with Crippen LogP contribution >= 0.6 is 0 Å². The number of amides is 1. The van der Waals surface area contributed by atoms with Crippen LogP contribution in [-0.4, -0.2) is 48.2 Å². The van der Waals surface area contributed by atoms with E-state index in [1.165, 1.54) is 4.31 Å². The summed E-state index contributed by atoms with van der Waals surface area (Å²) in [4.78, 5) is 14.3. The second-order valence-corrected chi connectivity index (χ2v) is 9.05. The minimum atomic E-state index is -3.93. The highest BCUT2D eigenvalue weighted by Crippen LogP contribution is 2.23. The first kappa shape index (κ1) is 20.2. The van der Waals surface area contributed by atoms with Gasteiger partial charge in [0, 0.05) is 38.2 Å². The molecule has 8 nitrogen and oxygen atoms in total. The Morgan fingerprint density at radius 3 is 2.60 bits per heavy atom. The van der Waals surface area contributed by atoms with Crippen molar-refractivity contribution in [1.82, 2.24) is 9.21 Å². The Kier molecular flexibility index (Phi) is 5.40. The second-order valence-electron chi connectivity index (χ2n) is 7.46. The number of hydrogen-bond acceptors (Lipinski definition) is 4. The maximum atomic E-state index is 12.8. The minimum Gasteiger partial charge on any atom is -0.384 e. The molecule has 1 fully saturated rings. The molecule has 0 atom stereocenters. The van der Waals surface area contributed by atoms with Crippen LogP contribution in [0.5, 0.6) is 0 Å². The lowest BCUT2D eigenvalue weighted by molar-refractivity contribution is -0.123. The van der Waals surface area contributed by atoms with E-state index in [1.807, 2.05) is 30.3 Å². The molecular formula is C21H23N5O3S. The molecule has 2 aliphatic heterocycles. The number of nitrogens with two attached hydrogens (primary N) is 1. The quantitative estimate of drug-likeness (QED) is 0.556. The van der Waals surface area contributed by atoms with Crippen LogP contribution in [0.4, 0.5) is 0 Å². The third-order valence-electron chi connectivity index (χ3n) is 5.41. The van der Waals surface area contributed by atoms with Crippen LogP contribution in [0.1, 0.15) is 28.7 Å². The van der Waals surface area contributed by atoms with Crippen molar-refractivity contribution in [2.24, 2.45) is 10.1 Å². The van der Waals surface area contributed by atoms with Crippen LogP contribution in [0.3, 0.4) is 0 Å². The second kappa shape index (κ2) is 8.00. The molecule has 1 saturated heterocycles. The third kappa shape index (κ3) is 4.12. The van der Waals surface area contributed by atoms with Crippen LogP contribution in [0.2, 0.25) is 0 Å². The average Bonchev–Trinajstić information content (AvgIpc) is 3.06. The molecule has 2 aromatic rings. The van der Waals surface area contributed by atoms with Gasteiger partial charge in [0.25, 0.3) is 5.91 Å². The first-order valence-corrected chi connectivity index (χ1v) is 11.1. The van der Waals surface area contributed by atoms with Crippen molar-refractivity contribution >= 4 is 27.7 Å². The van der Waals surface area contributed by atoms with Gasteiger partial charge in [-0.1, -0.05) is 42.5 Å². The van der Waals surface area contributed by atoms with Gasteiger partial charge in [0.1, 0.15) is 11.5 Å². The number of fused-ring (bicyclic) bond motifs is 1. The van der Waals surface area contributed by atoms with E-state index >= 15 is 0 Å². The van der Waals surface area contributed by atoms with Crippen molar-refractivity contribution in [3.63, 3.8) is 0 Å². The molecule has 0 bridgehead atoms. The lowest BCUT2D eigenvalue weighted by Crippen LogP contribution is -2.36. The Bertz CT molecular complexity index is 1140. The number of rotatable bonds is 5. The molecule has 156 valence electrons. The predicted molar refractivity (Wildman–Crippen MR) is 114 cm³/mol. The topological polar surface area (TPSA) is 120 Å². The molecule has 0 spiro atoms. The summed E-state index contributed by atoms with van der Waals surface area (Å²) in [5.74, 6) is -0.412. The molecular weight excluding hydrogens is 402 g/mol. The van der Waals surface area contributed by atoms with Gasteiger partial charge in [-0.05, 0) is 29.2 Å². The molecule has 9 heteroatoms. The Morgan fingerprint density at radius 1 is 1.07 bits per heavy atom. The lowest BCUT2D eigenvalue weighted by Gasteiger charge is -2.26. The SMILES string of the molecule is N=C(N)c1cccc(CN2CCC(=NS(=O)(=O)N3CCc4ccccc4C3)C2=O)c1. The molecule has 30 heavy (non-hydrogen) atoms. The van der Waals surface area contributed by atoms with Gasteiger partial charge in [0.05, 0.1) is 0 Å². The standard InChI is InChI=1S/C21H23N5O3S/c22-20(23)17-7-3-4-15(12-17)13-25-10-9-19(21(25)27)24-30(28,29)26-11-8-16-5-1-2-6-18(16)14-26/h1-7,12H,8-11,13-14H2,(H3,22,23). The van der Waals surface area contributed by atoms with Crippen LogP contribution < -0.4 is 5.73 Å². The van der Waals surface area contributed by atoms with Crippen molar-refractivity contribution in [2.45, 2.75) is 25.9 Å². The number of amidine groups is 1. The molecule has 0 unspecified atom stereocenters. The predicted octanol–water partition coefficient (Wildman–Crippen LogP) is 1.45. The first-order valence-electron chi connectivity index (χ1n) is 9.72. The maximum absolute atomic E-state index is 12.8. The third-order valence-corrected chi connectivity index (χ3v) is 6.83. The summed E-state index contributed by atoms with van der Waals surface area (Å²) >= 11 is 0. The number of hydrogen-bond donors (Lipinski definition) is 2. The lowest BCUT2D eigenvalue weighted by atomic mass is 10.0. The van der Waals surface area contributed by atoms with Crippen molar-refractivity contribution in [3.8, 4) is 0 Å². The van der Waals surface area contributed by atoms with E-state index in [1.54, 1.807) is 23.1 Å². The van der Waals surface area contributed by atoms with Gasteiger partial charge in [-0.25, -0.2) is 0 Å². The van der Waals surface area contributed by atoms with Gasteiger partial charge >= 0.3 is 10.2 Å². The van der Waals surface area contributed by atoms with Gasteiger partial charge in [-0.15, -0.1) is 4.40 Å². The number of nitrogens with zero attached hydrogens (tertiary/aromatic N) is 3. The number of nitrogen functional groups attached to an aromatic ring is 1. The number of carbonyl (C=O) groups is 1. The zero-order valence-electron chi connectivity index (χ0n) is 16.4. The molecule has 2 aliphatic rings. The Balaban J connectivity index is 1.48. The van der Waals surface area contributed by atoms with E-state index in [-0.39, 0.29) is 30.4 Å². The van der Waals surface area contributed by atoms with E-state index in [4.69, 9.17) is 11.1 Å². The van der Waals surface area contributed by atoms with E-state index in [0.29, 0.717) is 31.6 Å². The fourth-order valence-corrected chi connectivity index (χ4v) is 4.98. The highest BCUT2D eigenvalue weighted by atomic mass is 32.2. The molecule has 0 saturated carbocycles. The zero-order valence-corrected chi connectivity index (χ0v) is 17.2. The Labute approximate surface area is 175 Å². The summed E-state index contributed by atoms with van der Waals surface area (Å²) in [5.41, 5.74) is 9.12. The molecule has 4 rings (SSSR count). The van der Waals surface area contributed by atoms with Gasteiger partial charge in [0.15, 0.2) is 0 Å². The summed E-state index contributed by atoms with van der Waals surface area (Å²) < 4.78 is 30.8. The van der Waals surface area contributed by atoms with Crippen molar-refractivity contribution in [1.29, 1.82) is 5.41 Å². The smallest absolute Gasteiger partial charge is 0.323 e. The molecule has 0 radical (unpaired) electrons. The van der Waals surface area contributed by atoms with Crippen LogP contribution in [0, 0.1) is 5.41 Å². The van der Waals surface area contributed by atoms with E-state index in [0.717, 1.165) is 16.7 Å². The normalized spacial score (nSPS) is 18.6. The number of benzene rings is 2.